The summed E-state index contributed by atoms with van der Waals surface area (Å²) in [4.78, 5) is 11.6. The maximum Gasteiger partial charge on any atom is 0.241 e. The lowest BCUT2D eigenvalue weighted by atomic mass is 10.1. The number of hydrogen-bond donors (Lipinski definition) is 2. The third-order valence-electron chi connectivity index (χ3n) is 2.64. The number of carbonyl (C=O) groups is 1. The van der Waals surface area contributed by atoms with Crippen molar-refractivity contribution in [1.29, 1.82) is 0 Å². The first-order valence-electron chi connectivity index (χ1n) is 5.19. The molecule has 3 N–H and O–H groups in total. The number of anilines is 1. The zero-order valence-electron chi connectivity index (χ0n) is 9.91. The molecule has 0 aromatic heterocycles. The molecule has 0 aliphatic heterocycles. The molecule has 90 valence electrons. The smallest absolute Gasteiger partial charge is 0.241 e. The summed E-state index contributed by atoms with van der Waals surface area (Å²) >= 11 is 0. The Bertz CT molecular complexity index is 366. The minimum Gasteiger partial charge on any atom is -0.324 e. The highest BCUT2D eigenvalue weighted by Gasteiger charge is 2.12. The molecule has 1 amide bonds. The number of carbonyl (C=O) groups excluding carboxylic acids is 1. The molecule has 16 heavy (non-hydrogen) atoms. The normalized spacial score (nSPS) is 11.5. The maximum absolute atomic E-state index is 11.6. The first kappa shape index (κ1) is 14.9. The monoisotopic (exact) mass is 242 g/mol. The van der Waals surface area contributed by atoms with E-state index >= 15 is 0 Å². The number of amides is 1. The van der Waals surface area contributed by atoms with Crippen molar-refractivity contribution in [3.63, 3.8) is 0 Å². The van der Waals surface area contributed by atoms with Crippen molar-refractivity contribution in [1.82, 2.24) is 0 Å². The van der Waals surface area contributed by atoms with Crippen LogP contribution in [0.25, 0.3) is 0 Å². The van der Waals surface area contributed by atoms with E-state index in [9.17, 15) is 4.79 Å². The predicted octanol–water partition coefficient (Wildman–Crippen LogP) is 2.40. The van der Waals surface area contributed by atoms with Gasteiger partial charge in [-0.2, -0.15) is 0 Å². The van der Waals surface area contributed by atoms with Crippen molar-refractivity contribution in [2.75, 3.05) is 5.32 Å². The third kappa shape index (κ3) is 3.51. The molecule has 1 aromatic carbocycles. The number of nitrogens with one attached hydrogen (secondary N) is 1. The number of hydrogen-bond acceptors (Lipinski definition) is 2. The number of halogens is 1. The molecular weight excluding hydrogens is 224 g/mol. The molecule has 1 rings (SSSR count). The molecule has 0 fully saturated rings. The van der Waals surface area contributed by atoms with Crippen molar-refractivity contribution in [3.05, 3.63) is 29.3 Å². The van der Waals surface area contributed by atoms with E-state index in [0.29, 0.717) is 6.42 Å². The van der Waals surface area contributed by atoms with E-state index in [-0.39, 0.29) is 18.3 Å². The first-order valence-corrected chi connectivity index (χ1v) is 5.19. The van der Waals surface area contributed by atoms with Gasteiger partial charge in [0.2, 0.25) is 5.91 Å². The summed E-state index contributed by atoms with van der Waals surface area (Å²) in [6.07, 6.45) is 0.650. The van der Waals surface area contributed by atoms with Gasteiger partial charge in [0.1, 0.15) is 0 Å². The Labute approximate surface area is 103 Å². The molecule has 0 saturated carbocycles. The van der Waals surface area contributed by atoms with E-state index in [1.807, 2.05) is 39.0 Å². The largest absolute Gasteiger partial charge is 0.324 e. The van der Waals surface area contributed by atoms with E-state index in [1.165, 1.54) is 0 Å². The number of rotatable bonds is 3. The van der Waals surface area contributed by atoms with Gasteiger partial charge in [0, 0.05) is 5.69 Å². The summed E-state index contributed by atoms with van der Waals surface area (Å²) in [5.41, 5.74) is 8.75. The molecule has 0 saturated heterocycles. The summed E-state index contributed by atoms with van der Waals surface area (Å²) in [7, 11) is 0. The SMILES string of the molecule is CC[C@H](N)C(=O)Nc1cccc(C)c1C.Cl. The fourth-order valence-electron chi connectivity index (χ4n) is 1.30. The van der Waals surface area contributed by atoms with Gasteiger partial charge in [-0.15, -0.1) is 12.4 Å². The van der Waals surface area contributed by atoms with Crippen molar-refractivity contribution >= 4 is 24.0 Å². The zero-order chi connectivity index (χ0) is 11.4. The van der Waals surface area contributed by atoms with Gasteiger partial charge in [-0.25, -0.2) is 0 Å². The summed E-state index contributed by atoms with van der Waals surface area (Å²) in [5.74, 6) is -0.119. The minimum atomic E-state index is -0.426. The molecule has 0 unspecified atom stereocenters. The van der Waals surface area contributed by atoms with Crippen molar-refractivity contribution in [2.24, 2.45) is 5.73 Å². The Kier molecular flexibility index (Phi) is 6.08. The van der Waals surface area contributed by atoms with Crippen LogP contribution in [-0.4, -0.2) is 11.9 Å². The van der Waals surface area contributed by atoms with Crippen LogP contribution in [0.5, 0.6) is 0 Å². The summed E-state index contributed by atoms with van der Waals surface area (Å²) in [6.45, 7) is 5.90. The van der Waals surface area contributed by atoms with Crippen LogP contribution in [0.2, 0.25) is 0 Å². The lowest BCUT2D eigenvalue weighted by molar-refractivity contribution is -0.117. The Morgan fingerprint density at radius 3 is 2.62 bits per heavy atom. The van der Waals surface area contributed by atoms with Gasteiger partial charge in [-0.1, -0.05) is 19.1 Å². The fraction of sp³-hybridized carbons (Fsp3) is 0.417. The van der Waals surface area contributed by atoms with E-state index in [1.54, 1.807) is 0 Å². The van der Waals surface area contributed by atoms with Gasteiger partial charge in [0.25, 0.3) is 0 Å². The molecule has 3 nitrogen and oxygen atoms in total. The van der Waals surface area contributed by atoms with Crippen LogP contribution in [0.3, 0.4) is 0 Å². The maximum atomic E-state index is 11.6. The van der Waals surface area contributed by atoms with Crippen LogP contribution in [0.15, 0.2) is 18.2 Å². The van der Waals surface area contributed by atoms with Crippen LogP contribution < -0.4 is 11.1 Å². The molecule has 1 aromatic rings. The van der Waals surface area contributed by atoms with Gasteiger partial charge in [-0.05, 0) is 37.5 Å². The quantitative estimate of drug-likeness (QED) is 0.855. The van der Waals surface area contributed by atoms with E-state index in [2.05, 4.69) is 5.32 Å². The molecule has 0 spiro atoms. The minimum absolute atomic E-state index is 0. The van der Waals surface area contributed by atoms with Gasteiger partial charge in [0.15, 0.2) is 0 Å². The summed E-state index contributed by atoms with van der Waals surface area (Å²) in [5, 5.41) is 2.84. The molecular formula is C12H19ClN2O. The zero-order valence-corrected chi connectivity index (χ0v) is 10.7. The molecule has 1 atom stereocenters. The number of benzene rings is 1. The van der Waals surface area contributed by atoms with E-state index in [4.69, 9.17) is 5.73 Å². The van der Waals surface area contributed by atoms with Crippen molar-refractivity contribution in [2.45, 2.75) is 33.2 Å². The predicted molar refractivity (Wildman–Crippen MR) is 70.1 cm³/mol. The lowest BCUT2D eigenvalue weighted by Gasteiger charge is -2.13. The average molecular weight is 243 g/mol. The Hall–Kier alpha value is -1.06. The molecule has 4 heteroatoms. The molecule has 0 aliphatic rings. The summed E-state index contributed by atoms with van der Waals surface area (Å²) < 4.78 is 0. The van der Waals surface area contributed by atoms with E-state index < -0.39 is 6.04 Å². The highest BCUT2D eigenvalue weighted by molar-refractivity contribution is 5.95. The van der Waals surface area contributed by atoms with Gasteiger partial charge < -0.3 is 11.1 Å². The second-order valence-corrected chi connectivity index (χ2v) is 3.75. The van der Waals surface area contributed by atoms with Crippen molar-refractivity contribution in [3.8, 4) is 0 Å². The lowest BCUT2D eigenvalue weighted by Crippen LogP contribution is -2.35. The Balaban J connectivity index is 0.00000225. The van der Waals surface area contributed by atoms with Crippen LogP contribution >= 0.6 is 12.4 Å². The van der Waals surface area contributed by atoms with Crippen LogP contribution in [0.1, 0.15) is 24.5 Å². The molecule has 0 bridgehead atoms. The van der Waals surface area contributed by atoms with Gasteiger partial charge >= 0.3 is 0 Å². The highest BCUT2D eigenvalue weighted by Crippen LogP contribution is 2.17. The van der Waals surface area contributed by atoms with Gasteiger partial charge in [-0.3, -0.25) is 4.79 Å². The van der Waals surface area contributed by atoms with Crippen molar-refractivity contribution < 1.29 is 4.79 Å². The summed E-state index contributed by atoms with van der Waals surface area (Å²) in [6, 6.07) is 5.41. The average Bonchev–Trinajstić information content (AvgIpc) is 2.23. The van der Waals surface area contributed by atoms with E-state index in [0.717, 1.165) is 16.8 Å². The first-order chi connectivity index (χ1) is 7.06. The second kappa shape index (κ2) is 6.51. The molecule has 0 heterocycles. The Morgan fingerprint density at radius 1 is 1.44 bits per heavy atom. The highest BCUT2D eigenvalue weighted by atomic mass is 35.5. The van der Waals surface area contributed by atoms with Crippen LogP contribution in [-0.2, 0) is 4.79 Å². The van der Waals surface area contributed by atoms with Crippen LogP contribution in [0.4, 0.5) is 5.69 Å². The number of aryl methyl sites for hydroxylation is 1. The molecule has 0 radical (unpaired) electrons. The second-order valence-electron chi connectivity index (χ2n) is 3.75. The topological polar surface area (TPSA) is 55.1 Å². The standard InChI is InChI=1S/C12H18N2O.ClH/c1-4-10(13)12(15)14-11-7-5-6-8(2)9(11)3;/h5-7,10H,4,13H2,1-3H3,(H,14,15);1H/t10-;/m0./s1. The number of nitrogens with two attached hydrogens (primary N) is 1. The fourth-order valence-corrected chi connectivity index (χ4v) is 1.30. The van der Waals surface area contributed by atoms with Crippen LogP contribution in [0, 0.1) is 13.8 Å². The third-order valence-corrected chi connectivity index (χ3v) is 2.64. The Morgan fingerprint density at radius 2 is 2.06 bits per heavy atom. The molecule has 0 aliphatic carbocycles. The van der Waals surface area contributed by atoms with Gasteiger partial charge in [0.05, 0.1) is 6.04 Å².